The molecule has 0 unspecified atom stereocenters. The highest BCUT2D eigenvalue weighted by molar-refractivity contribution is 7.98. The number of rotatable bonds is 4. The zero-order valence-electron chi connectivity index (χ0n) is 7.19. The summed E-state index contributed by atoms with van der Waals surface area (Å²) in [6.07, 6.45) is 0.375. The van der Waals surface area contributed by atoms with Crippen molar-refractivity contribution in [1.82, 2.24) is 4.72 Å². The van der Waals surface area contributed by atoms with Gasteiger partial charge in [0.05, 0.1) is 0 Å². The summed E-state index contributed by atoms with van der Waals surface area (Å²) in [5, 5.41) is 0. The van der Waals surface area contributed by atoms with Crippen molar-refractivity contribution in [2.45, 2.75) is 11.3 Å². The van der Waals surface area contributed by atoms with Gasteiger partial charge in [-0.2, -0.15) is 0 Å². The van der Waals surface area contributed by atoms with Crippen molar-refractivity contribution in [3.63, 3.8) is 0 Å². The Balaban J connectivity index is 2.31. The van der Waals surface area contributed by atoms with Gasteiger partial charge in [0.2, 0.25) is 5.91 Å². The largest absolute Gasteiger partial charge is 0.330 e. The van der Waals surface area contributed by atoms with E-state index in [4.69, 9.17) is 5.73 Å². The highest BCUT2D eigenvalue weighted by atomic mass is 32.2. The van der Waals surface area contributed by atoms with Gasteiger partial charge in [-0.1, -0.05) is 18.2 Å². The fourth-order valence-corrected chi connectivity index (χ4v) is 1.41. The molecule has 0 atom stereocenters. The summed E-state index contributed by atoms with van der Waals surface area (Å²) >= 11 is 1.31. The second-order valence-corrected chi connectivity index (χ2v) is 3.36. The van der Waals surface area contributed by atoms with Crippen molar-refractivity contribution in [3.05, 3.63) is 30.3 Å². The van der Waals surface area contributed by atoms with E-state index >= 15 is 0 Å². The second-order valence-electron chi connectivity index (χ2n) is 2.48. The lowest BCUT2D eigenvalue weighted by Gasteiger charge is -2.01. The van der Waals surface area contributed by atoms with E-state index in [2.05, 4.69) is 4.72 Å². The van der Waals surface area contributed by atoms with Gasteiger partial charge in [-0.15, -0.1) is 0 Å². The van der Waals surface area contributed by atoms with Gasteiger partial charge < -0.3 is 5.73 Å². The van der Waals surface area contributed by atoms with Crippen LogP contribution in [0.25, 0.3) is 0 Å². The third-order valence-electron chi connectivity index (χ3n) is 1.40. The third-order valence-corrected chi connectivity index (χ3v) is 2.23. The number of hydrogen-bond donors (Lipinski definition) is 2. The Kier molecular flexibility index (Phi) is 4.35. The van der Waals surface area contributed by atoms with Gasteiger partial charge in [-0.05, 0) is 24.1 Å². The first-order valence-electron chi connectivity index (χ1n) is 4.03. The second kappa shape index (κ2) is 5.61. The monoisotopic (exact) mass is 196 g/mol. The number of hydrogen-bond acceptors (Lipinski definition) is 3. The van der Waals surface area contributed by atoms with Crippen LogP contribution in [0.1, 0.15) is 6.42 Å². The lowest BCUT2D eigenvalue weighted by atomic mass is 10.4. The molecule has 0 saturated carbocycles. The Hall–Kier alpha value is -1.00. The first-order valence-corrected chi connectivity index (χ1v) is 4.85. The molecule has 0 aliphatic rings. The van der Waals surface area contributed by atoms with Crippen molar-refractivity contribution in [2.75, 3.05) is 6.54 Å². The first-order chi connectivity index (χ1) is 6.33. The number of carbonyl (C=O) groups excluding carboxylic acids is 1. The molecule has 1 rings (SSSR count). The molecule has 1 aromatic rings. The maximum absolute atomic E-state index is 11.0. The van der Waals surface area contributed by atoms with E-state index in [0.717, 1.165) is 4.90 Å². The number of nitrogens with one attached hydrogen (secondary N) is 1. The van der Waals surface area contributed by atoms with Gasteiger partial charge in [-0.25, -0.2) is 0 Å². The van der Waals surface area contributed by atoms with Crippen molar-refractivity contribution >= 4 is 17.9 Å². The Morgan fingerprint density at radius 1 is 1.38 bits per heavy atom. The summed E-state index contributed by atoms with van der Waals surface area (Å²) < 4.78 is 2.70. The Morgan fingerprint density at radius 3 is 2.69 bits per heavy atom. The molecule has 13 heavy (non-hydrogen) atoms. The van der Waals surface area contributed by atoms with Gasteiger partial charge >= 0.3 is 0 Å². The Morgan fingerprint density at radius 2 is 2.08 bits per heavy atom. The van der Waals surface area contributed by atoms with E-state index in [1.807, 2.05) is 30.3 Å². The number of amides is 1. The van der Waals surface area contributed by atoms with Crippen LogP contribution in [0.15, 0.2) is 35.2 Å². The van der Waals surface area contributed by atoms with Crippen LogP contribution in [-0.2, 0) is 4.79 Å². The van der Waals surface area contributed by atoms with Gasteiger partial charge in [0, 0.05) is 17.9 Å². The van der Waals surface area contributed by atoms with E-state index in [0.29, 0.717) is 13.0 Å². The summed E-state index contributed by atoms with van der Waals surface area (Å²) in [6.45, 7) is 0.390. The fourth-order valence-electron chi connectivity index (χ4n) is 0.787. The predicted molar refractivity (Wildman–Crippen MR) is 54.1 cm³/mol. The smallest absolute Gasteiger partial charge is 0.231 e. The lowest BCUT2D eigenvalue weighted by molar-refractivity contribution is -0.119. The molecule has 0 aliphatic carbocycles. The topological polar surface area (TPSA) is 55.1 Å². The molecular formula is C9H12N2OS. The van der Waals surface area contributed by atoms with Crippen LogP contribution in [0.4, 0.5) is 0 Å². The van der Waals surface area contributed by atoms with Crippen LogP contribution in [0, 0.1) is 0 Å². The average Bonchev–Trinajstić information content (AvgIpc) is 2.17. The SMILES string of the molecule is NCCC(=O)NSc1ccccc1. The van der Waals surface area contributed by atoms with Crippen LogP contribution in [-0.4, -0.2) is 12.5 Å². The van der Waals surface area contributed by atoms with Crippen molar-refractivity contribution < 1.29 is 4.79 Å². The standard InChI is InChI=1S/C9H12N2OS/c10-7-6-9(12)11-13-8-4-2-1-3-5-8/h1-5H,6-7,10H2,(H,11,12). The molecule has 0 spiro atoms. The minimum absolute atomic E-state index is 0.0312. The summed E-state index contributed by atoms with van der Waals surface area (Å²) in [7, 11) is 0. The van der Waals surface area contributed by atoms with Crippen LogP contribution in [0.2, 0.25) is 0 Å². The fraction of sp³-hybridized carbons (Fsp3) is 0.222. The maximum Gasteiger partial charge on any atom is 0.231 e. The van der Waals surface area contributed by atoms with E-state index in [1.165, 1.54) is 11.9 Å². The van der Waals surface area contributed by atoms with Crippen LogP contribution < -0.4 is 10.5 Å². The van der Waals surface area contributed by atoms with E-state index in [9.17, 15) is 4.79 Å². The molecule has 1 amide bonds. The zero-order valence-corrected chi connectivity index (χ0v) is 8.01. The average molecular weight is 196 g/mol. The molecule has 0 bridgehead atoms. The minimum atomic E-state index is -0.0312. The summed E-state index contributed by atoms with van der Waals surface area (Å²) in [4.78, 5) is 12.0. The summed E-state index contributed by atoms with van der Waals surface area (Å²) in [5.41, 5.74) is 5.23. The van der Waals surface area contributed by atoms with Crippen molar-refractivity contribution in [3.8, 4) is 0 Å². The van der Waals surface area contributed by atoms with Crippen molar-refractivity contribution in [1.29, 1.82) is 0 Å². The quantitative estimate of drug-likeness (QED) is 0.710. The van der Waals surface area contributed by atoms with Gasteiger partial charge in [0.25, 0.3) is 0 Å². The molecule has 0 aliphatic heterocycles. The molecule has 0 aromatic heterocycles. The third kappa shape index (κ3) is 3.96. The summed E-state index contributed by atoms with van der Waals surface area (Å²) in [6, 6.07) is 9.67. The normalized spacial score (nSPS) is 9.62. The predicted octanol–water partition coefficient (Wildman–Crippen LogP) is 1.16. The minimum Gasteiger partial charge on any atom is -0.330 e. The number of carbonyl (C=O) groups is 1. The Labute approximate surface area is 81.8 Å². The van der Waals surface area contributed by atoms with E-state index in [-0.39, 0.29) is 5.91 Å². The highest BCUT2D eigenvalue weighted by Crippen LogP contribution is 2.12. The maximum atomic E-state index is 11.0. The van der Waals surface area contributed by atoms with E-state index in [1.54, 1.807) is 0 Å². The highest BCUT2D eigenvalue weighted by Gasteiger charge is 1.98. The first kappa shape index (κ1) is 10.1. The Bertz CT molecular complexity index is 264. The van der Waals surface area contributed by atoms with E-state index < -0.39 is 0 Å². The van der Waals surface area contributed by atoms with Gasteiger partial charge in [0.15, 0.2) is 0 Å². The summed E-state index contributed by atoms with van der Waals surface area (Å²) in [5.74, 6) is -0.0312. The molecule has 1 aromatic carbocycles. The molecule has 0 saturated heterocycles. The number of nitrogens with two attached hydrogens (primary N) is 1. The van der Waals surface area contributed by atoms with Crippen LogP contribution >= 0.6 is 11.9 Å². The molecule has 3 N–H and O–H groups in total. The zero-order chi connectivity index (χ0) is 9.52. The molecule has 0 heterocycles. The lowest BCUT2D eigenvalue weighted by Crippen LogP contribution is -2.19. The molecule has 0 fully saturated rings. The molecule has 70 valence electrons. The van der Waals surface area contributed by atoms with Gasteiger partial charge in [-0.3, -0.25) is 9.52 Å². The molecule has 4 heteroatoms. The number of benzene rings is 1. The van der Waals surface area contributed by atoms with Gasteiger partial charge in [0.1, 0.15) is 0 Å². The van der Waals surface area contributed by atoms with Crippen LogP contribution in [0.5, 0.6) is 0 Å². The molecule has 3 nitrogen and oxygen atoms in total. The van der Waals surface area contributed by atoms with Crippen LogP contribution in [0.3, 0.4) is 0 Å². The molecule has 0 radical (unpaired) electrons. The molecular weight excluding hydrogens is 184 g/mol. The van der Waals surface area contributed by atoms with Crippen molar-refractivity contribution in [2.24, 2.45) is 5.73 Å².